The molecule has 0 aromatic heterocycles. The van der Waals surface area contributed by atoms with Crippen LogP contribution in [0.2, 0.25) is 5.02 Å². The first-order valence-corrected chi connectivity index (χ1v) is 6.59. The number of hydrogen-bond acceptors (Lipinski definition) is 4. The van der Waals surface area contributed by atoms with E-state index in [2.05, 4.69) is 10.2 Å². The summed E-state index contributed by atoms with van der Waals surface area (Å²) in [5.41, 5.74) is 6.26. The third-order valence-electron chi connectivity index (χ3n) is 3.22. The summed E-state index contributed by atoms with van der Waals surface area (Å²) in [5, 5.41) is 3.57. The van der Waals surface area contributed by atoms with Gasteiger partial charge in [-0.05, 0) is 24.6 Å². The van der Waals surface area contributed by atoms with E-state index in [0.29, 0.717) is 5.02 Å². The summed E-state index contributed by atoms with van der Waals surface area (Å²) in [4.78, 5) is 13.4. The zero-order valence-electron chi connectivity index (χ0n) is 10.9. The first-order valence-electron chi connectivity index (χ1n) is 6.22. The van der Waals surface area contributed by atoms with Crippen LogP contribution in [0.15, 0.2) is 18.2 Å². The summed E-state index contributed by atoms with van der Waals surface area (Å²) >= 11 is 6.03. The maximum atomic E-state index is 11.3. The number of anilines is 1. The first-order chi connectivity index (χ1) is 9.13. The van der Waals surface area contributed by atoms with Gasteiger partial charge in [-0.15, -0.1) is 0 Å². The highest BCUT2D eigenvalue weighted by Crippen LogP contribution is 2.33. The van der Waals surface area contributed by atoms with Gasteiger partial charge in [-0.3, -0.25) is 4.79 Å². The highest BCUT2D eigenvalue weighted by Gasteiger charge is 2.25. The molecule has 1 aromatic rings. The van der Waals surface area contributed by atoms with Crippen molar-refractivity contribution in [2.45, 2.75) is 12.5 Å². The van der Waals surface area contributed by atoms with Crippen molar-refractivity contribution in [2.75, 3.05) is 31.6 Å². The maximum absolute atomic E-state index is 11.3. The molecule has 104 valence electrons. The molecular formula is C13H18ClN3O2. The van der Waals surface area contributed by atoms with Gasteiger partial charge in [-0.25, -0.2) is 0 Å². The molecule has 3 N–H and O–H groups in total. The monoisotopic (exact) mass is 283 g/mol. The fourth-order valence-electron chi connectivity index (χ4n) is 2.29. The summed E-state index contributed by atoms with van der Waals surface area (Å²) in [5.74, 6) is 0.667. The number of benzene rings is 1. The minimum absolute atomic E-state index is 0.0248. The van der Waals surface area contributed by atoms with E-state index in [1.54, 1.807) is 13.2 Å². The van der Waals surface area contributed by atoms with Crippen LogP contribution < -0.4 is 20.7 Å². The average Bonchev–Trinajstić information content (AvgIpc) is 2.86. The van der Waals surface area contributed by atoms with Gasteiger partial charge in [0.25, 0.3) is 0 Å². The van der Waals surface area contributed by atoms with Crippen molar-refractivity contribution in [1.29, 1.82) is 0 Å². The molecule has 1 amide bonds. The predicted octanol–water partition coefficient (Wildman–Crippen LogP) is 1.00. The van der Waals surface area contributed by atoms with Crippen LogP contribution in [-0.2, 0) is 4.79 Å². The number of nitrogens with two attached hydrogens (primary N) is 1. The van der Waals surface area contributed by atoms with Gasteiger partial charge >= 0.3 is 0 Å². The molecule has 6 heteroatoms. The van der Waals surface area contributed by atoms with Crippen LogP contribution in [0.5, 0.6) is 5.75 Å². The molecule has 1 fully saturated rings. The first kappa shape index (κ1) is 14.0. The third kappa shape index (κ3) is 3.30. The SMILES string of the molecule is COc1ccc(Cl)cc1N1CCC(NC(=O)CN)C1. The van der Waals surface area contributed by atoms with Crippen molar-refractivity contribution in [3.8, 4) is 5.75 Å². The molecule has 0 aliphatic carbocycles. The van der Waals surface area contributed by atoms with Crippen molar-refractivity contribution in [3.63, 3.8) is 0 Å². The Labute approximate surface area is 117 Å². The van der Waals surface area contributed by atoms with E-state index in [-0.39, 0.29) is 18.5 Å². The van der Waals surface area contributed by atoms with Crippen LogP contribution in [0, 0.1) is 0 Å². The van der Waals surface area contributed by atoms with Gasteiger partial charge < -0.3 is 20.7 Å². The zero-order chi connectivity index (χ0) is 13.8. The molecule has 0 bridgehead atoms. The Bertz CT molecular complexity index is 467. The van der Waals surface area contributed by atoms with E-state index in [1.165, 1.54) is 0 Å². The molecule has 1 heterocycles. The molecule has 1 unspecified atom stereocenters. The number of hydrogen-bond donors (Lipinski definition) is 2. The largest absolute Gasteiger partial charge is 0.495 e. The standard InChI is InChI=1S/C13H18ClN3O2/c1-19-12-3-2-9(14)6-11(12)17-5-4-10(8-17)16-13(18)7-15/h2-3,6,10H,4-5,7-8,15H2,1H3,(H,16,18). The molecule has 1 saturated heterocycles. The molecule has 1 atom stereocenters. The third-order valence-corrected chi connectivity index (χ3v) is 3.46. The lowest BCUT2D eigenvalue weighted by molar-refractivity contribution is -0.120. The molecule has 0 saturated carbocycles. The number of halogens is 1. The van der Waals surface area contributed by atoms with Gasteiger partial charge in [0.05, 0.1) is 19.3 Å². The topological polar surface area (TPSA) is 67.6 Å². The van der Waals surface area contributed by atoms with Gasteiger partial charge in [-0.1, -0.05) is 11.6 Å². The number of methoxy groups -OCH3 is 1. The summed E-state index contributed by atoms with van der Waals surface area (Å²) in [6.45, 7) is 1.62. The van der Waals surface area contributed by atoms with E-state index >= 15 is 0 Å². The summed E-state index contributed by atoms with van der Waals surface area (Å²) < 4.78 is 5.34. The van der Waals surface area contributed by atoms with Crippen LogP contribution >= 0.6 is 11.6 Å². The van der Waals surface area contributed by atoms with E-state index in [1.807, 2.05) is 12.1 Å². The Morgan fingerprint density at radius 1 is 1.63 bits per heavy atom. The van der Waals surface area contributed by atoms with Gasteiger partial charge in [0, 0.05) is 24.2 Å². The molecule has 1 aliphatic rings. The Hall–Kier alpha value is -1.46. The van der Waals surface area contributed by atoms with Gasteiger partial charge in [0.2, 0.25) is 5.91 Å². The van der Waals surface area contributed by atoms with Gasteiger partial charge in [-0.2, -0.15) is 0 Å². The number of nitrogens with zero attached hydrogens (tertiary/aromatic N) is 1. The number of nitrogens with one attached hydrogen (secondary N) is 1. The molecule has 5 nitrogen and oxygen atoms in total. The Morgan fingerprint density at radius 2 is 2.42 bits per heavy atom. The molecule has 19 heavy (non-hydrogen) atoms. The van der Waals surface area contributed by atoms with Crippen molar-refractivity contribution >= 4 is 23.2 Å². The fourth-order valence-corrected chi connectivity index (χ4v) is 2.46. The summed E-state index contributed by atoms with van der Waals surface area (Å²) in [7, 11) is 1.64. The second-order valence-corrected chi connectivity index (χ2v) is 4.96. The van der Waals surface area contributed by atoms with Crippen LogP contribution in [0.1, 0.15) is 6.42 Å². The minimum Gasteiger partial charge on any atom is -0.495 e. The van der Waals surface area contributed by atoms with Crippen molar-refractivity contribution < 1.29 is 9.53 Å². The van der Waals surface area contributed by atoms with E-state index in [0.717, 1.165) is 30.9 Å². The molecule has 0 radical (unpaired) electrons. The second kappa shape index (κ2) is 6.12. The molecule has 1 aromatic carbocycles. The quantitative estimate of drug-likeness (QED) is 0.865. The van der Waals surface area contributed by atoms with Crippen LogP contribution in [-0.4, -0.2) is 38.7 Å². The Morgan fingerprint density at radius 3 is 3.11 bits per heavy atom. The minimum atomic E-state index is -0.120. The van der Waals surface area contributed by atoms with E-state index in [9.17, 15) is 4.79 Å². The fraction of sp³-hybridized carbons (Fsp3) is 0.462. The number of amides is 1. The van der Waals surface area contributed by atoms with E-state index in [4.69, 9.17) is 22.1 Å². The molecule has 0 spiro atoms. The smallest absolute Gasteiger partial charge is 0.234 e. The zero-order valence-corrected chi connectivity index (χ0v) is 11.6. The number of ether oxygens (including phenoxy) is 1. The Balaban J connectivity index is 2.08. The van der Waals surface area contributed by atoms with Crippen LogP contribution in [0.4, 0.5) is 5.69 Å². The number of carbonyl (C=O) groups excluding carboxylic acids is 1. The average molecular weight is 284 g/mol. The maximum Gasteiger partial charge on any atom is 0.234 e. The van der Waals surface area contributed by atoms with Crippen LogP contribution in [0.3, 0.4) is 0 Å². The molecular weight excluding hydrogens is 266 g/mol. The highest BCUT2D eigenvalue weighted by atomic mass is 35.5. The van der Waals surface area contributed by atoms with Crippen molar-refractivity contribution in [1.82, 2.24) is 5.32 Å². The lowest BCUT2D eigenvalue weighted by Crippen LogP contribution is -2.40. The van der Waals surface area contributed by atoms with Gasteiger partial charge in [0.1, 0.15) is 5.75 Å². The van der Waals surface area contributed by atoms with Crippen LogP contribution in [0.25, 0.3) is 0 Å². The highest BCUT2D eigenvalue weighted by molar-refractivity contribution is 6.30. The van der Waals surface area contributed by atoms with E-state index < -0.39 is 0 Å². The Kier molecular flexibility index (Phi) is 4.50. The van der Waals surface area contributed by atoms with Crippen molar-refractivity contribution in [2.24, 2.45) is 5.73 Å². The molecule has 2 rings (SSSR count). The second-order valence-electron chi connectivity index (χ2n) is 4.52. The summed E-state index contributed by atoms with van der Waals surface area (Å²) in [6.07, 6.45) is 0.890. The lowest BCUT2D eigenvalue weighted by Gasteiger charge is -2.21. The predicted molar refractivity (Wildman–Crippen MR) is 75.8 cm³/mol. The molecule has 1 aliphatic heterocycles. The number of carbonyl (C=O) groups is 1. The number of rotatable bonds is 4. The van der Waals surface area contributed by atoms with Gasteiger partial charge in [0.15, 0.2) is 0 Å². The van der Waals surface area contributed by atoms with Crippen molar-refractivity contribution in [3.05, 3.63) is 23.2 Å². The normalized spacial score (nSPS) is 18.5. The summed E-state index contributed by atoms with van der Waals surface area (Å²) in [6, 6.07) is 5.66. The lowest BCUT2D eigenvalue weighted by atomic mass is 10.2.